The van der Waals surface area contributed by atoms with Gasteiger partial charge in [-0.15, -0.1) is 0 Å². The van der Waals surface area contributed by atoms with Gasteiger partial charge in [0.1, 0.15) is 32.8 Å². The number of piperazine rings is 1. The lowest BCUT2D eigenvalue weighted by molar-refractivity contribution is -0.967. The van der Waals surface area contributed by atoms with Crippen LogP contribution in [0.2, 0.25) is 0 Å². The highest BCUT2D eigenvalue weighted by Crippen LogP contribution is 1.95. The fraction of sp³-hybridized carbons (Fsp3) is 0.500. The molecule has 4 N–H and O–H groups in total. The van der Waals surface area contributed by atoms with Crippen LogP contribution in [0, 0.1) is 0 Å². The molecule has 1 aromatic carbocycles. The van der Waals surface area contributed by atoms with Crippen molar-refractivity contribution in [1.82, 2.24) is 0 Å². The number of nitrogens with one attached hydrogen (secondary N) is 1. The molecule has 0 bridgehead atoms. The third-order valence-electron chi connectivity index (χ3n) is 3.08. The maximum Gasteiger partial charge on any atom is 0.159 e. The molecule has 2 rings (SSSR count). The number of hydrogen-bond donors (Lipinski definition) is 3. The van der Waals surface area contributed by atoms with Crippen molar-refractivity contribution in [2.45, 2.75) is 12.6 Å². The third kappa shape index (κ3) is 3.02. The van der Waals surface area contributed by atoms with Gasteiger partial charge in [0.25, 0.3) is 0 Å². The maximum atomic E-state index is 9.13. The van der Waals surface area contributed by atoms with Crippen molar-refractivity contribution >= 4 is 0 Å². The van der Waals surface area contributed by atoms with Gasteiger partial charge in [-0.2, -0.15) is 0 Å². The number of benzene rings is 1. The number of hydrogen-bond acceptors (Lipinski definition) is 1. The number of nitrogens with two attached hydrogens (primary N) is 1. The normalized spacial score (nSPS) is 26.5. The first-order valence-corrected chi connectivity index (χ1v) is 5.70. The molecular formula is C12H20N2O+2. The lowest BCUT2D eigenvalue weighted by Gasteiger charge is -2.27. The van der Waals surface area contributed by atoms with Crippen molar-refractivity contribution in [3.63, 3.8) is 0 Å². The molecule has 1 aliphatic heterocycles. The highest BCUT2D eigenvalue weighted by molar-refractivity contribution is 5.13. The minimum atomic E-state index is 0.304. The molecule has 1 fully saturated rings. The first kappa shape index (κ1) is 10.6. The Bertz CT molecular complexity index is 289. The van der Waals surface area contributed by atoms with Crippen LogP contribution < -0.4 is 10.2 Å². The lowest BCUT2D eigenvalue weighted by atomic mass is 10.1. The monoisotopic (exact) mass is 208 g/mol. The van der Waals surface area contributed by atoms with Crippen LogP contribution >= 0.6 is 0 Å². The van der Waals surface area contributed by atoms with Crippen LogP contribution in [0.3, 0.4) is 0 Å². The van der Waals surface area contributed by atoms with Gasteiger partial charge in [-0.05, 0) is 0 Å². The summed E-state index contributed by atoms with van der Waals surface area (Å²) in [4.78, 5) is 1.59. The van der Waals surface area contributed by atoms with E-state index in [1.54, 1.807) is 4.90 Å². The van der Waals surface area contributed by atoms with Gasteiger partial charge in [0.2, 0.25) is 0 Å². The van der Waals surface area contributed by atoms with Crippen LogP contribution in [0.15, 0.2) is 30.3 Å². The molecule has 1 saturated heterocycles. The zero-order valence-electron chi connectivity index (χ0n) is 9.02. The quantitative estimate of drug-likeness (QED) is 0.529. The van der Waals surface area contributed by atoms with E-state index in [-0.39, 0.29) is 0 Å². The Morgan fingerprint density at radius 2 is 2.13 bits per heavy atom. The van der Waals surface area contributed by atoms with Gasteiger partial charge in [-0.1, -0.05) is 30.3 Å². The van der Waals surface area contributed by atoms with Gasteiger partial charge in [0, 0.05) is 5.56 Å². The van der Waals surface area contributed by atoms with E-state index in [2.05, 4.69) is 35.6 Å². The molecular weight excluding hydrogens is 188 g/mol. The van der Waals surface area contributed by atoms with Gasteiger partial charge < -0.3 is 15.3 Å². The Balaban J connectivity index is 1.89. The smallest absolute Gasteiger partial charge is 0.159 e. The molecule has 1 heterocycles. The van der Waals surface area contributed by atoms with Crippen LogP contribution in [-0.2, 0) is 6.54 Å². The average molecular weight is 208 g/mol. The van der Waals surface area contributed by atoms with E-state index in [0.29, 0.717) is 12.6 Å². The summed E-state index contributed by atoms with van der Waals surface area (Å²) in [5.74, 6) is 0. The van der Waals surface area contributed by atoms with Crippen LogP contribution in [-0.4, -0.2) is 37.4 Å². The molecule has 0 amide bonds. The highest BCUT2D eigenvalue weighted by atomic mass is 16.3. The van der Waals surface area contributed by atoms with E-state index in [1.165, 1.54) is 12.1 Å². The Kier molecular flexibility index (Phi) is 3.72. The van der Waals surface area contributed by atoms with Crippen molar-refractivity contribution in [2.24, 2.45) is 0 Å². The van der Waals surface area contributed by atoms with Crippen LogP contribution in [0.25, 0.3) is 0 Å². The molecule has 0 spiro atoms. The van der Waals surface area contributed by atoms with E-state index in [0.717, 1.165) is 19.6 Å². The molecule has 3 heteroatoms. The van der Waals surface area contributed by atoms with Crippen molar-refractivity contribution in [2.75, 3.05) is 26.2 Å². The molecule has 1 unspecified atom stereocenters. The predicted octanol–water partition coefficient (Wildman–Crippen LogP) is -1.99. The number of aliphatic hydroxyl groups is 1. The molecule has 15 heavy (non-hydrogen) atoms. The van der Waals surface area contributed by atoms with E-state index in [1.807, 2.05) is 0 Å². The number of quaternary nitrogens is 2. The summed E-state index contributed by atoms with van der Waals surface area (Å²) < 4.78 is 0. The summed E-state index contributed by atoms with van der Waals surface area (Å²) in [7, 11) is 0. The standard InChI is InChI=1S/C12H18N2O/c15-10-12-9-14(7-6-13-12)8-11-4-2-1-3-5-11/h1-5,12-13,15H,6-10H2/p+2/t12-/m0/s1. The molecule has 2 atom stereocenters. The Morgan fingerprint density at radius 3 is 2.87 bits per heavy atom. The van der Waals surface area contributed by atoms with Gasteiger partial charge >= 0.3 is 0 Å². The topological polar surface area (TPSA) is 41.3 Å². The third-order valence-corrected chi connectivity index (χ3v) is 3.08. The van der Waals surface area contributed by atoms with E-state index < -0.39 is 0 Å². The summed E-state index contributed by atoms with van der Waals surface area (Å²) in [5, 5.41) is 11.4. The van der Waals surface area contributed by atoms with E-state index >= 15 is 0 Å². The second-order valence-corrected chi connectivity index (χ2v) is 4.33. The minimum Gasteiger partial charge on any atom is -0.390 e. The summed E-state index contributed by atoms with van der Waals surface area (Å²) in [6.07, 6.45) is 0. The fourth-order valence-corrected chi connectivity index (χ4v) is 2.26. The van der Waals surface area contributed by atoms with E-state index in [9.17, 15) is 0 Å². The Hall–Kier alpha value is -0.900. The molecule has 0 saturated carbocycles. The molecule has 1 aliphatic rings. The first-order chi connectivity index (χ1) is 7.38. The maximum absolute atomic E-state index is 9.13. The van der Waals surface area contributed by atoms with Gasteiger partial charge in [0.15, 0.2) is 6.04 Å². The van der Waals surface area contributed by atoms with Crippen LogP contribution in [0.5, 0.6) is 0 Å². The van der Waals surface area contributed by atoms with Gasteiger partial charge in [0.05, 0.1) is 0 Å². The minimum absolute atomic E-state index is 0.304. The second-order valence-electron chi connectivity index (χ2n) is 4.33. The van der Waals surface area contributed by atoms with Crippen LogP contribution in [0.1, 0.15) is 5.56 Å². The zero-order valence-corrected chi connectivity index (χ0v) is 9.02. The summed E-state index contributed by atoms with van der Waals surface area (Å²) >= 11 is 0. The predicted molar refractivity (Wildman–Crippen MR) is 58.5 cm³/mol. The average Bonchev–Trinajstić information content (AvgIpc) is 2.31. The lowest BCUT2D eigenvalue weighted by Crippen LogP contribution is -3.21. The molecule has 0 aromatic heterocycles. The summed E-state index contributed by atoms with van der Waals surface area (Å²) in [5.41, 5.74) is 1.39. The fourth-order valence-electron chi connectivity index (χ4n) is 2.26. The van der Waals surface area contributed by atoms with Crippen molar-refractivity contribution < 1.29 is 15.3 Å². The molecule has 0 radical (unpaired) electrons. The van der Waals surface area contributed by atoms with Gasteiger partial charge in [-0.3, -0.25) is 0 Å². The summed E-state index contributed by atoms with van der Waals surface area (Å²) in [6.45, 7) is 4.80. The molecule has 82 valence electrons. The van der Waals surface area contributed by atoms with Crippen molar-refractivity contribution in [1.29, 1.82) is 0 Å². The Labute approximate surface area is 90.7 Å². The largest absolute Gasteiger partial charge is 0.390 e. The van der Waals surface area contributed by atoms with Crippen molar-refractivity contribution in [3.05, 3.63) is 35.9 Å². The Morgan fingerprint density at radius 1 is 1.33 bits per heavy atom. The SMILES string of the molecule is OC[C@@H]1C[NH+](Cc2ccccc2)CC[NH2+]1. The number of aliphatic hydroxyl groups excluding tert-OH is 1. The second kappa shape index (κ2) is 5.26. The summed E-state index contributed by atoms with van der Waals surface area (Å²) in [6, 6.07) is 11.0. The molecule has 3 nitrogen and oxygen atoms in total. The van der Waals surface area contributed by atoms with E-state index in [4.69, 9.17) is 5.11 Å². The van der Waals surface area contributed by atoms with Crippen molar-refractivity contribution in [3.8, 4) is 0 Å². The molecule has 1 aromatic rings. The first-order valence-electron chi connectivity index (χ1n) is 5.70. The number of rotatable bonds is 3. The van der Waals surface area contributed by atoms with Gasteiger partial charge in [-0.25, -0.2) is 0 Å². The van der Waals surface area contributed by atoms with Crippen LogP contribution in [0.4, 0.5) is 0 Å². The highest BCUT2D eigenvalue weighted by Gasteiger charge is 2.24. The zero-order chi connectivity index (χ0) is 10.5. The molecule has 0 aliphatic carbocycles.